The molecule has 2 rings (SSSR count). The van der Waals surface area contributed by atoms with Gasteiger partial charge in [-0.1, -0.05) is 16.8 Å². The monoisotopic (exact) mass is 189 g/mol. The fraction of sp³-hybridized carbons (Fsp3) is 0.273. The fourth-order valence-electron chi connectivity index (χ4n) is 1.48. The fourth-order valence-corrected chi connectivity index (χ4v) is 1.48. The van der Waals surface area contributed by atoms with Crippen LogP contribution in [-0.4, -0.2) is 11.7 Å². The molecule has 1 heterocycles. The lowest BCUT2D eigenvalue weighted by Crippen LogP contribution is -2.32. The third-order valence-electron chi connectivity index (χ3n) is 2.04. The van der Waals surface area contributed by atoms with E-state index in [0.717, 1.165) is 16.7 Å². The van der Waals surface area contributed by atoms with Gasteiger partial charge in [0.05, 0.1) is 12.0 Å². The first kappa shape index (κ1) is 8.94. The third kappa shape index (κ3) is 1.53. The molecule has 72 valence electrons. The lowest BCUT2D eigenvalue weighted by molar-refractivity contribution is -0.728. The van der Waals surface area contributed by atoms with Crippen LogP contribution >= 0.6 is 0 Å². The second kappa shape index (κ2) is 3.62. The van der Waals surface area contributed by atoms with Crippen LogP contribution in [0.25, 0.3) is 10.9 Å². The van der Waals surface area contributed by atoms with E-state index in [1.54, 1.807) is 4.68 Å². The maximum atomic E-state index is 5.54. The second-order valence-electron chi connectivity index (χ2n) is 3.12. The van der Waals surface area contributed by atoms with Crippen molar-refractivity contribution in [2.24, 2.45) is 7.05 Å². The van der Waals surface area contributed by atoms with Gasteiger partial charge < -0.3 is 4.74 Å². The number of fused-ring (bicyclic) bond motifs is 1. The normalized spacial score (nSPS) is 10.4. The highest BCUT2D eigenvalue weighted by atomic mass is 16.5. The van der Waals surface area contributed by atoms with Crippen LogP contribution in [0.3, 0.4) is 0 Å². The molecular formula is C11H13N2O+. The van der Waals surface area contributed by atoms with Gasteiger partial charge in [0.25, 0.3) is 0 Å². The molecule has 0 radical (unpaired) electrons. The van der Waals surface area contributed by atoms with Crippen LogP contribution < -0.4 is 9.42 Å². The molecule has 0 N–H and O–H groups in total. The minimum absolute atomic E-state index is 0.675. The molecule has 3 heteroatoms. The average molecular weight is 189 g/mol. The van der Waals surface area contributed by atoms with E-state index < -0.39 is 0 Å². The highest BCUT2D eigenvalue weighted by Crippen LogP contribution is 2.20. The van der Waals surface area contributed by atoms with Crippen LogP contribution in [0.2, 0.25) is 0 Å². The van der Waals surface area contributed by atoms with Crippen LogP contribution in [0.4, 0.5) is 0 Å². The van der Waals surface area contributed by atoms with E-state index in [9.17, 15) is 0 Å². The van der Waals surface area contributed by atoms with Crippen molar-refractivity contribution >= 4 is 10.9 Å². The maximum Gasteiger partial charge on any atom is 0.238 e. The third-order valence-corrected chi connectivity index (χ3v) is 2.04. The Kier molecular flexibility index (Phi) is 2.31. The van der Waals surface area contributed by atoms with Gasteiger partial charge in [-0.15, -0.1) is 0 Å². The van der Waals surface area contributed by atoms with Crippen LogP contribution in [-0.2, 0) is 7.05 Å². The number of ether oxygens (including phenoxy) is 1. The molecule has 0 aliphatic heterocycles. The van der Waals surface area contributed by atoms with Crippen molar-refractivity contribution in [3.05, 3.63) is 30.5 Å². The molecule has 0 unspecified atom stereocenters. The number of aromatic nitrogens is 2. The van der Waals surface area contributed by atoms with E-state index >= 15 is 0 Å². The summed E-state index contributed by atoms with van der Waals surface area (Å²) in [6, 6.07) is 7.97. The number of rotatable bonds is 2. The molecule has 0 fully saturated rings. The van der Waals surface area contributed by atoms with Crippen molar-refractivity contribution < 1.29 is 9.42 Å². The van der Waals surface area contributed by atoms with Crippen molar-refractivity contribution in [1.82, 2.24) is 5.10 Å². The molecule has 2 aromatic rings. The Labute approximate surface area is 82.9 Å². The molecule has 14 heavy (non-hydrogen) atoms. The van der Waals surface area contributed by atoms with Gasteiger partial charge in [0.15, 0.2) is 12.8 Å². The zero-order chi connectivity index (χ0) is 9.97. The summed E-state index contributed by atoms with van der Waals surface area (Å²) in [7, 11) is 1.90. The van der Waals surface area contributed by atoms with E-state index in [4.69, 9.17) is 4.74 Å². The number of hydrogen-bond donors (Lipinski definition) is 0. The van der Waals surface area contributed by atoms with Gasteiger partial charge >= 0.3 is 0 Å². The van der Waals surface area contributed by atoms with Gasteiger partial charge in [-0.3, -0.25) is 0 Å². The van der Waals surface area contributed by atoms with E-state index in [2.05, 4.69) is 5.10 Å². The Bertz CT molecular complexity index is 454. The number of hydrogen-bond acceptors (Lipinski definition) is 2. The molecule has 3 nitrogen and oxygen atoms in total. The van der Waals surface area contributed by atoms with E-state index in [0.29, 0.717) is 6.61 Å². The molecule has 0 aliphatic carbocycles. The van der Waals surface area contributed by atoms with Gasteiger partial charge in [0.1, 0.15) is 5.52 Å². The van der Waals surface area contributed by atoms with Crippen molar-refractivity contribution in [3.8, 4) is 5.75 Å². The molecular weight excluding hydrogens is 176 g/mol. The maximum absolute atomic E-state index is 5.54. The molecule has 1 aromatic carbocycles. The summed E-state index contributed by atoms with van der Waals surface area (Å²) in [6.07, 6.45) is 1.89. The van der Waals surface area contributed by atoms with Gasteiger partial charge in [-0.2, -0.15) is 0 Å². The van der Waals surface area contributed by atoms with Crippen LogP contribution in [0, 0.1) is 0 Å². The number of nitrogens with zero attached hydrogens (tertiary/aromatic N) is 2. The van der Waals surface area contributed by atoms with Crippen molar-refractivity contribution in [2.75, 3.05) is 6.61 Å². The standard InChI is InChI=1S/C11H13N2O/c1-3-14-11-8-13(2)12-10-7-5-4-6-9(10)11/h4-8H,3H2,1-2H3/q+1. The Morgan fingerprint density at radius 2 is 2.14 bits per heavy atom. The average Bonchev–Trinajstić information content (AvgIpc) is 2.18. The Morgan fingerprint density at radius 1 is 1.36 bits per heavy atom. The van der Waals surface area contributed by atoms with Crippen LogP contribution in [0.15, 0.2) is 30.5 Å². The highest BCUT2D eigenvalue weighted by Gasteiger charge is 2.08. The summed E-state index contributed by atoms with van der Waals surface area (Å²) in [4.78, 5) is 0. The summed E-state index contributed by atoms with van der Waals surface area (Å²) in [6.45, 7) is 2.66. The van der Waals surface area contributed by atoms with Crippen LogP contribution in [0.1, 0.15) is 6.92 Å². The number of aryl methyl sites for hydroxylation is 1. The van der Waals surface area contributed by atoms with E-state index in [-0.39, 0.29) is 0 Å². The first-order valence-corrected chi connectivity index (χ1v) is 4.69. The molecule has 0 saturated carbocycles. The topological polar surface area (TPSA) is 26.0 Å². The molecule has 0 saturated heterocycles. The Hall–Kier alpha value is -1.64. The first-order valence-electron chi connectivity index (χ1n) is 4.69. The molecule has 0 amide bonds. The molecule has 0 spiro atoms. The summed E-state index contributed by atoms with van der Waals surface area (Å²) in [5.74, 6) is 0.889. The zero-order valence-electron chi connectivity index (χ0n) is 8.40. The van der Waals surface area contributed by atoms with Gasteiger partial charge in [-0.05, 0) is 19.1 Å². The van der Waals surface area contributed by atoms with E-state index in [1.165, 1.54) is 0 Å². The predicted molar refractivity (Wildman–Crippen MR) is 54.1 cm³/mol. The summed E-state index contributed by atoms with van der Waals surface area (Å²) < 4.78 is 7.31. The largest absolute Gasteiger partial charge is 0.487 e. The molecule has 1 aromatic heterocycles. The van der Waals surface area contributed by atoms with Gasteiger partial charge in [0.2, 0.25) is 6.20 Å². The summed E-state index contributed by atoms with van der Waals surface area (Å²) in [5, 5.41) is 5.42. The summed E-state index contributed by atoms with van der Waals surface area (Å²) >= 11 is 0. The van der Waals surface area contributed by atoms with Crippen molar-refractivity contribution in [3.63, 3.8) is 0 Å². The minimum atomic E-state index is 0.675. The lowest BCUT2D eigenvalue weighted by atomic mass is 10.2. The molecule has 0 atom stereocenters. The zero-order valence-corrected chi connectivity index (χ0v) is 8.40. The lowest BCUT2D eigenvalue weighted by Gasteiger charge is -2.03. The van der Waals surface area contributed by atoms with Crippen LogP contribution in [0.5, 0.6) is 5.75 Å². The van der Waals surface area contributed by atoms with Gasteiger partial charge in [-0.25, -0.2) is 0 Å². The Balaban J connectivity index is 2.67. The van der Waals surface area contributed by atoms with Crippen molar-refractivity contribution in [1.29, 1.82) is 0 Å². The smallest absolute Gasteiger partial charge is 0.238 e. The SMILES string of the molecule is CCOc1c[n+](C)nc2ccccc12. The Morgan fingerprint density at radius 3 is 2.93 bits per heavy atom. The number of benzene rings is 1. The quantitative estimate of drug-likeness (QED) is 0.668. The van der Waals surface area contributed by atoms with Gasteiger partial charge in [0, 0.05) is 5.10 Å². The second-order valence-corrected chi connectivity index (χ2v) is 3.12. The molecule has 0 aliphatic rings. The predicted octanol–water partition coefficient (Wildman–Crippen LogP) is 1.46. The minimum Gasteiger partial charge on any atom is -0.487 e. The molecule has 0 bridgehead atoms. The van der Waals surface area contributed by atoms with Crippen molar-refractivity contribution in [2.45, 2.75) is 6.92 Å². The highest BCUT2D eigenvalue weighted by molar-refractivity contribution is 5.83. The summed E-state index contributed by atoms with van der Waals surface area (Å²) in [5.41, 5.74) is 0.959. The first-order chi connectivity index (χ1) is 6.81. The van der Waals surface area contributed by atoms with E-state index in [1.807, 2.05) is 44.4 Å².